The predicted octanol–water partition coefficient (Wildman–Crippen LogP) is 2.02. The van der Waals surface area contributed by atoms with Gasteiger partial charge in [0.25, 0.3) is 0 Å². The van der Waals surface area contributed by atoms with Crippen LogP contribution in [-0.2, 0) is 11.3 Å². The van der Waals surface area contributed by atoms with Gasteiger partial charge in [-0.05, 0) is 51.1 Å². The molecular weight excluding hydrogens is 264 g/mol. The number of hydrogen-bond donors (Lipinski definition) is 2. The SMILES string of the molecule is Cc1cc(C)n(CCCNC(=O)CC(CN)CC(C)C)n1. The van der Waals surface area contributed by atoms with Gasteiger partial charge in [-0.15, -0.1) is 0 Å². The van der Waals surface area contributed by atoms with E-state index in [2.05, 4.69) is 37.3 Å². The second-order valence-corrected chi connectivity index (χ2v) is 6.29. The van der Waals surface area contributed by atoms with E-state index in [0.717, 1.165) is 25.1 Å². The maximum absolute atomic E-state index is 11.9. The Kier molecular flexibility index (Phi) is 7.43. The number of nitrogens with one attached hydrogen (secondary N) is 1. The molecule has 1 unspecified atom stereocenters. The van der Waals surface area contributed by atoms with Crippen molar-refractivity contribution in [3.63, 3.8) is 0 Å². The van der Waals surface area contributed by atoms with Crippen LogP contribution in [0.15, 0.2) is 6.07 Å². The van der Waals surface area contributed by atoms with Crippen LogP contribution in [0.25, 0.3) is 0 Å². The zero-order valence-electron chi connectivity index (χ0n) is 13.9. The molecule has 5 heteroatoms. The van der Waals surface area contributed by atoms with Crippen LogP contribution in [-0.4, -0.2) is 28.8 Å². The molecular formula is C16H30N4O. The molecule has 1 amide bonds. The quantitative estimate of drug-likeness (QED) is 0.684. The van der Waals surface area contributed by atoms with Gasteiger partial charge in [0.05, 0.1) is 5.69 Å². The first kappa shape index (κ1) is 17.7. The van der Waals surface area contributed by atoms with Crippen molar-refractivity contribution in [2.24, 2.45) is 17.6 Å². The lowest BCUT2D eigenvalue weighted by Gasteiger charge is -2.16. The van der Waals surface area contributed by atoms with Gasteiger partial charge < -0.3 is 11.1 Å². The summed E-state index contributed by atoms with van der Waals surface area (Å²) in [6.45, 7) is 10.5. The predicted molar refractivity (Wildman–Crippen MR) is 85.9 cm³/mol. The third-order valence-corrected chi connectivity index (χ3v) is 3.58. The summed E-state index contributed by atoms with van der Waals surface area (Å²) in [5, 5.41) is 7.39. The standard InChI is InChI=1S/C16H30N4O/c1-12(2)8-15(11-17)10-16(21)18-6-5-7-20-14(4)9-13(3)19-20/h9,12,15H,5-8,10-11,17H2,1-4H3,(H,18,21). The highest BCUT2D eigenvalue weighted by molar-refractivity contribution is 5.76. The number of amides is 1. The Morgan fingerprint density at radius 1 is 1.43 bits per heavy atom. The number of aromatic nitrogens is 2. The highest BCUT2D eigenvalue weighted by atomic mass is 16.1. The molecule has 0 aliphatic heterocycles. The molecule has 0 bridgehead atoms. The molecule has 0 aromatic carbocycles. The molecule has 0 fully saturated rings. The highest BCUT2D eigenvalue weighted by Gasteiger charge is 2.13. The van der Waals surface area contributed by atoms with E-state index in [1.807, 2.05) is 11.6 Å². The number of nitrogens with two attached hydrogens (primary N) is 1. The third kappa shape index (κ3) is 6.76. The molecule has 5 nitrogen and oxygen atoms in total. The Balaban J connectivity index is 2.22. The Hall–Kier alpha value is -1.36. The topological polar surface area (TPSA) is 72.9 Å². The fourth-order valence-electron chi connectivity index (χ4n) is 2.62. The van der Waals surface area contributed by atoms with Gasteiger partial charge >= 0.3 is 0 Å². The molecule has 3 N–H and O–H groups in total. The van der Waals surface area contributed by atoms with E-state index < -0.39 is 0 Å². The van der Waals surface area contributed by atoms with Gasteiger partial charge in [-0.3, -0.25) is 9.48 Å². The summed E-state index contributed by atoms with van der Waals surface area (Å²) in [6.07, 6.45) is 2.44. The van der Waals surface area contributed by atoms with Crippen molar-refractivity contribution in [1.82, 2.24) is 15.1 Å². The molecule has 1 rings (SSSR count). The first-order valence-electron chi connectivity index (χ1n) is 7.90. The van der Waals surface area contributed by atoms with Gasteiger partial charge in [0, 0.05) is 25.2 Å². The van der Waals surface area contributed by atoms with Gasteiger partial charge in [-0.2, -0.15) is 5.10 Å². The first-order chi connectivity index (χ1) is 9.92. The summed E-state index contributed by atoms with van der Waals surface area (Å²) in [5.74, 6) is 0.984. The molecule has 0 saturated carbocycles. The Morgan fingerprint density at radius 2 is 2.14 bits per heavy atom. The summed E-state index contributed by atoms with van der Waals surface area (Å²) in [7, 11) is 0. The smallest absolute Gasteiger partial charge is 0.220 e. The number of rotatable bonds is 9. The summed E-state index contributed by atoms with van der Waals surface area (Å²) >= 11 is 0. The molecule has 0 radical (unpaired) electrons. The summed E-state index contributed by atoms with van der Waals surface area (Å²) < 4.78 is 1.99. The van der Waals surface area contributed by atoms with Gasteiger partial charge in [-0.25, -0.2) is 0 Å². The van der Waals surface area contributed by atoms with Gasteiger partial charge in [0.15, 0.2) is 0 Å². The summed E-state index contributed by atoms with van der Waals surface area (Å²) in [5.41, 5.74) is 7.93. The lowest BCUT2D eigenvalue weighted by molar-refractivity contribution is -0.122. The highest BCUT2D eigenvalue weighted by Crippen LogP contribution is 2.13. The minimum absolute atomic E-state index is 0.111. The Bertz CT molecular complexity index is 439. The average molecular weight is 294 g/mol. The van der Waals surface area contributed by atoms with Crippen molar-refractivity contribution in [1.29, 1.82) is 0 Å². The van der Waals surface area contributed by atoms with Gasteiger partial charge in [-0.1, -0.05) is 13.8 Å². The molecule has 1 aromatic rings. The van der Waals surface area contributed by atoms with Crippen LogP contribution in [0.1, 0.15) is 44.5 Å². The van der Waals surface area contributed by atoms with Crippen molar-refractivity contribution in [2.75, 3.05) is 13.1 Å². The monoisotopic (exact) mass is 294 g/mol. The summed E-state index contributed by atoms with van der Waals surface area (Å²) in [6, 6.07) is 2.07. The van der Waals surface area contributed by atoms with E-state index in [1.165, 1.54) is 5.69 Å². The Labute approximate surface area is 128 Å². The van der Waals surface area contributed by atoms with Crippen LogP contribution in [0.3, 0.4) is 0 Å². The minimum Gasteiger partial charge on any atom is -0.356 e. The second kappa shape index (κ2) is 8.82. The second-order valence-electron chi connectivity index (χ2n) is 6.29. The largest absolute Gasteiger partial charge is 0.356 e. The average Bonchev–Trinajstić information content (AvgIpc) is 2.71. The maximum atomic E-state index is 11.9. The fourth-order valence-corrected chi connectivity index (χ4v) is 2.62. The summed E-state index contributed by atoms with van der Waals surface area (Å²) in [4.78, 5) is 11.9. The Morgan fingerprint density at radius 3 is 2.67 bits per heavy atom. The van der Waals surface area contributed by atoms with E-state index in [9.17, 15) is 4.79 Å². The molecule has 21 heavy (non-hydrogen) atoms. The molecule has 1 aromatic heterocycles. The molecule has 0 aliphatic rings. The van der Waals surface area contributed by atoms with Crippen LogP contribution < -0.4 is 11.1 Å². The van der Waals surface area contributed by atoms with Crippen LogP contribution in [0, 0.1) is 25.7 Å². The van der Waals surface area contributed by atoms with Crippen LogP contribution >= 0.6 is 0 Å². The van der Waals surface area contributed by atoms with E-state index in [1.54, 1.807) is 0 Å². The molecule has 0 saturated heterocycles. The zero-order valence-corrected chi connectivity index (χ0v) is 13.9. The molecule has 1 atom stereocenters. The van der Waals surface area contributed by atoms with E-state index in [4.69, 9.17) is 5.73 Å². The molecule has 0 spiro atoms. The molecule has 120 valence electrons. The number of carbonyl (C=O) groups excluding carboxylic acids is 1. The van der Waals surface area contributed by atoms with E-state index in [0.29, 0.717) is 31.3 Å². The van der Waals surface area contributed by atoms with E-state index >= 15 is 0 Å². The minimum atomic E-state index is 0.111. The zero-order chi connectivity index (χ0) is 15.8. The number of aryl methyl sites for hydroxylation is 3. The van der Waals surface area contributed by atoms with Crippen molar-refractivity contribution < 1.29 is 4.79 Å². The van der Waals surface area contributed by atoms with Crippen LogP contribution in [0.4, 0.5) is 0 Å². The first-order valence-corrected chi connectivity index (χ1v) is 7.90. The maximum Gasteiger partial charge on any atom is 0.220 e. The normalized spacial score (nSPS) is 12.7. The molecule has 1 heterocycles. The van der Waals surface area contributed by atoms with E-state index in [-0.39, 0.29) is 5.91 Å². The van der Waals surface area contributed by atoms with Crippen LogP contribution in [0.2, 0.25) is 0 Å². The number of nitrogens with zero attached hydrogens (tertiary/aromatic N) is 2. The lowest BCUT2D eigenvalue weighted by atomic mass is 9.94. The fraction of sp³-hybridized carbons (Fsp3) is 0.750. The lowest BCUT2D eigenvalue weighted by Crippen LogP contribution is -2.30. The number of hydrogen-bond acceptors (Lipinski definition) is 3. The number of carbonyl (C=O) groups is 1. The van der Waals surface area contributed by atoms with Crippen molar-refractivity contribution in [3.8, 4) is 0 Å². The third-order valence-electron chi connectivity index (χ3n) is 3.58. The van der Waals surface area contributed by atoms with Crippen molar-refractivity contribution in [3.05, 3.63) is 17.5 Å². The van der Waals surface area contributed by atoms with Gasteiger partial charge in [0.2, 0.25) is 5.91 Å². The van der Waals surface area contributed by atoms with Crippen molar-refractivity contribution in [2.45, 2.75) is 53.5 Å². The molecule has 0 aliphatic carbocycles. The van der Waals surface area contributed by atoms with Crippen molar-refractivity contribution >= 4 is 5.91 Å². The van der Waals surface area contributed by atoms with Crippen LogP contribution in [0.5, 0.6) is 0 Å². The van der Waals surface area contributed by atoms with Gasteiger partial charge in [0.1, 0.15) is 0 Å².